The standard InChI is InChI=1S/C13H14N4O/c14-11-3-1-2-9-4-5-17(7-10(9)11)12-6-13(18)16-8-15-12/h1-3,6,8H,4-5,7,14H2,(H,15,16,18). The number of hydrogen-bond acceptors (Lipinski definition) is 4. The van der Waals surface area contributed by atoms with Gasteiger partial charge in [0.15, 0.2) is 0 Å². The van der Waals surface area contributed by atoms with E-state index in [1.807, 2.05) is 12.1 Å². The van der Waals surface area contributed by atoms with Crippen LogP contribution in [0.1, 0.15) is 11.1 Å². The van der Waals surface area contributed by atoms with Gasteiger partial charge in [-0.05, 0) is 23.6 Å². The molecule has 0 fully saturated rings. The van der Waals surface area contributed by atoms with Gasteiger partial charge in [0, 0.05) is 24.8 Å². The van der Waals surface area contributed by atoms with Crippen molar-refractivity contribution < 1.29 is 0 Å². The molecule has 0 spiro atoms. The predicted molar refractivity (Wildman–Crippen MR) is 70.5 cm³/mol. The minimum atomic E-state index is -0.133. The van der Waals surface area contributed by atoms with Gasteiger partial charge in [0.2, 0.25) is 0 Å². The zero-order chi connectivity index (χ0) is 12.5. The average Bonchev–Trinajstić information content (AvgIpc) is 2.39. The number of anilines is 2. The van der Waals surface area contributed by atoms with Crippen LogP contribution in [0.4, 0.5) is 11.5 Å². The Hall–Kier alpha value is -2.30. The Labute approximate surface area is 104 Å². The van der Waals surface area contributed by atoms with Crippen molar-refractivity contribution in [2.45, 2.75) is 13.0 Å². The second-order valence-electron chi connectivity index (χ2n) is 4.43. The first kappa shape index (κ1) is 10.8. The average molecular weight is 242 g/mol. The van der Waals surface area contributed by atoms with Crippen LogP contribution < -0.4 is 16.2 Å². The molecule has 0 radical (unpaired) electrons. The molecule has 92 valence electrons. The van der Waals surface area contributed by atoms with E-state index >= 15 is 0 Å². The van der Waals surface area contributed by atoms with Crippen molar-refractivity contribution in [3.8, 4) is 0 Å². The molecule has 2 aromatic rings. The van der Waals surface area contributed by atoms with Crippen molar-refractivity contribution in [2.24, 2.45) is 0 Å². The van der Waals surface area contributed by atoms with Gasteiger partial charge in [0.25, 0.3) is 5.56 Å². The summed E-state index contributed by atoms with van der Waals surface area (Å²) in [4.78, 5) is 20.1. The number of H-pyrrole nitrogens is 1. The van der Waals surface area contributed by atoms with Crippen LogP contribution in [-0.4, -0.2) is 16.5 Å². The molecule has 0 saturated heterocycles. The minimum absolute atomic E-state index is 0.133. The Morgan fingerprint density at radius 3 is 3.11 bits per heavy atom. The van der Waals surface area contributed by atoms with Crippen molar-refractivity contribution in [3.05, 3.63) is 52.1 Å². The van der Waals surface area contributed by atoms with Gasteiger partial charge in [-0.3, -0.25) is 4.79 Å². The molecule has 5 nitrogen and oxygen atoms in total. The number of aromatic amines is 1. The smallest absolute Gasteiger partial charge is 0.252 e. The molecule has 0 unspecified atom stereocenters. The lowest BCUT2D eigenvalue weighted by Crippen LogP contribution is -2.32. The summed E-state index contributed by atoms with van der Waals surface area (Å²) in [7, 11) is 0. The number of nitrogens with two attached hydrogens (primary N) is 1. The number of benzene rings is 1. The maximum Gasteiger partial charge on any atom is 0.252 e. The largest absolute Gasteiger partial charge is 0.398 e. The van der Waals surface area contributed by atoms with E-state index in [-0.39, 0.29) is 5.56 Å². The van der Waals surface area contributed by atoms with Crippen molar-refractivity contribution in [2.75, 3.05) is 17.2 Å². The quantitative estimate of drug-likeness (QED) is 0.729. The van der Waals surface area contributed by atoms with E-state index in [1.54, 1.807) is 0 Å². The predicted octanol–water partition coefficient (Wildman–Crippen LogP) is 0.915. The molecule has 0 saturated carbocycles. The Morgan fingerprint density at radius 1 is 1.39 bits per heavy atom. The minimum Gasteiger partial charge on any atom is -0.398 e. The van der Waals surface area contributed by atoms with Gasteiger partial charge in [-0.25, -0.2) is 4.98 Å². The first-order chi connectivity index (χ1) is 8.74. The fourth-order valence-corrected chi connectivity index (χ4v) is 2.33. The fraction of sp³-hybridized carbons (Fsp3) is 0.231. The summed E-state index contributed by atoms with van der Waals surface area (Å²) in [5, 5.41) is 0. The SMILES string of the molecule is Nc1cccc2c1CN(c1cc(=O)[nH]cn1)CC2. The molecule has 1 aliphatic heterocycles. The van der Waals surface area contributed by atoms with E-state index in [0.717, 1.165) is 24.2 Å². The summed E-state index contributed by atoms with van der Waals surface area (Å²) in [6.45, 7) is 1.56. The van der Waals surface area contributed by atoms with Crippen LogP contribution in [0, 0.1) is 0 Å². The number of nitrogens with one attached hydrogen (secondary N) is 1. The Balaban J connectivity index is 1.95. The molecule has 3 N–H and O–H groups in total. The molecular weight excluding hydrogens is 228 g/mol. The van der Waals surface area contributed by atoms with Gasteiger partial charge in [-0.2, -0.15) is 0 Å². The molecule has 1 aromatic heterocycles. The van der Waals surface area contributed by atoms with Crippen LogP contribution in [-0.2, 0) is 13.0 Å². The van der Waals surface area contributed by atoms with E-state index in [4.69, 9.17) is 5.73 Å². The zero-order valence-electron chi connectivity index (χ0n) is 9.89. The van der Waals surface area contributed by atoms with Crippen LogP contribution in [0.25, 0.3) is 0 Å². The molecular formula is C13H14N4O. The summed E-state index contributed by atoms with van der Waals surface area (Å²) in [6.07, 6.45) is 2.36. The van der Waals surface area contributed by atoms with Crippen LogP contribution in [0.5, 0.6) is 0 Å². The third-order valence-electron chi connectivity index (χ3n) is 3.30. The van der Waals surface area contributed by atoms with Crippen LogP contribution in [0.2, 0.25) is 0 Å². The number of aromatic nitrogens is 2. The lowest BCUT2D eigenvalue weighted by Gasteiger charge is -2.30. The summed E-state index contributed by atoms with van der Waals surface area (Å²) >= 11 is 0. The number of nitrogen functional groups attached to an aromatic ring is 1. The van der Waals surface area contributed by atoms with Crippen LogP contribution in [0.3, 0.4) is 0 Å². The lowest BCUT2D eigenvalue weighted by molar-refractivity contribution is 0.720. The highest BCUT2D eigenvalue weighted by Gasteiger charge is 2.19. The van der Waals surface area contributed by atoms with Crippen molar-refractivity contribution in [3.63, 3.8) is 0 Å². The van der Waals surface area contributed by atoms with Gasteiger partial charge < -0.3 is 15.6 Å². The van der Waals surface area contributed by atoms with Gasteiger partial charge in [0.1, 0.15) is 5.82 Å². The second kappa shape index (κ2) is 4.18. The molecule has 2 heterocycles. The Bertz CT molecular complexity index is 635. The Morgan fingerprint density at radius 2 is 2.28 bits per heavy atom. The zero-order valence-corrected chi connectivity index (χ0v) is 9.89. The first-order valence-electron chi connectivity index (χ1n) is 5.90. The normalized spacial score (nSPS) is 14.3. The monoisotopic (exact) mass is 242 g/mol. The second-order valence-corrected chi connectivity index (χ2v) is 4.43. The Kier molecular flexibility index (Phi) is 2.51. The molecule has 1 aromatic carbocycles. The number of fused-ring (bicyclic) bond motifs is 1. The third-order valence-corrected chi connectivity index (χ3v) is 3.30. The van der Waals surface area contributed by atoms with Gasteiger partial charge in [-0.15, -0.1) is 0 Å². The maximum atomic E-state index is 11.3. The van der Waals surface area contributed by atoms with E-state index < -0.39 is 0 Å². The highest BCUT2D eigenvalue weighted by Crippen LogP contribution is 2.26. The molecule has 0 amide bonds. The first-order valence-corrected chi connectivity index (χ1v) is 5.90. The van der Waals surface area contributed by atoms with Crippen LogP contribution in [0.15, 0.2) is 35.4 Å². The highest BCUT2D eigenvalue weighted by molar-refractivity contribution is 5.55. The molecule has 3 rings (SSSR count). The van der Waals surface area contributed by atoms with E-state index in [1.165, 1.54) is 18.0 Å². The molecule has 0 aliphatic carbocycles. The summed E-state index contributed by atoms with van der Waals surface area (Å²) in [5.74, 6) is 0.702. The van der Waals surface area contributed by atoms with Crippen LogP contribution >= 0.6 is 0 Å². The maximum absolute atomic E-state index is 11.3. The third kappa shape index (κ3) is 1.84. The van der Waals surface area contributed by atoms with E-state index in [0.29, 0.717) is 12.4 Å². The van der Waals surface area contributed by atoms with E-state index in [9.17, 15) is 4.79 Å². The molecule has 18 heavy (non-hydrogen) atoms. The topological polar surface area (TPSA) is 75.0 Å². The number of rotatable bonds is 1. The van der Waals surface area contributed by atoms with Gasteiger partial charge in [0.05, 0.1) is 6.33 Å². The van der Waals surface area contributed by atoms with E-state index in [2.05, 4.69) is 20.9 Å². The molecule has 0 bridgehead atoms. The lowest BCUT2D eigenvalue weighted by atomic mass is 9.98. The highest BCUT2D eigenvalue weighted by atomic mass is 16.1. The van der Waals surface area contributed by atoms with Crippen molar-refractivity contribution in [1.82, 2.24) is 9.97 Å². The van der Waals surface area contributed by atoms with Gasteiger partial charge in [-0.1, -0.05) is 12.1 Å². The van der Waals surface area contributed by atoms with Crippen molar-refractivity contribution in [1.29, 1.82) is 0 Å². The number of hydrogen-bond donors (Lipinski definition) is 2. The molecule has 0 atom stereocenters. The summed E-state index contributed by atoms with van der Waals surface area (Å²) < 4.78 is 0. The van der Waals surface area contributed by atoms with Crippen molar-refractivity contribution >= 4 is 11.5 Å². The molecule has 5 heteroatoms. The van der Waals surface area contributed by atoms with Gasteiger partial charge >= 0.3 is 0 Å². The fourth-order valence-electron chi connectivity index (χ4n) is 2.33. The summed E-state index contributed by atoms with van der Waals surface area (Å²) in [6, 6.07) is 7.52. The number of nitrogens with zero attached hydrogens (tertiary/aromatic N) is 2. The molecule has 1 aliphatic rings. The summed E-state index contributed by atoms with van der Waals surface area (Å²) in [5.41, 5.74) is 9.10.